The predicted molar refractivity (Wildman–Crippen MR) is 81.6 cm³/mol. The van der Waals surface area contributed by atoms with Crippen LogP contribution in [0, 0.1) is 0 Å². The van der Waals surface area contributed by atoms with Gasteiger partial charge in [-0.3, -0.25) is 0 Å². The number of anilines is 2. The van der Waals surface area contributed by atoms with E-state index in [4.69, 9.17) is 10.6 Å². The van der Waals surface area contributed by atoms with E-state index in [1.165, 1.54) is 4.88 Å². The summed E-state index contributed by atoms with van der Waals surface area (Å²) in [4.78, 5) is 12.2. The van der Waals surface area contributed by atoms with Crippen molar-refractivity contribution in [3.63, 3.8) is 0 Å². The zero-order valence-corrected chi connectivity index (χ0v) is 12.5. The average molecular weight is 293 g/mol. The molecule has 0 radical (unpaired) electrons. The van der Waals surface area contributed by atoms with E-state index in [-0.39, 0.29) is 0 Å². The van der Waals surface area contributed by atoms with E-state index in [1.54, 1.807) is 18.4 Å². The first-order valence-corrected chi connectivity index (χ1v) is 7.25. The summed E-state index contributed by atoms with van der Waals surface area (Å²) in [5.41, 5.74) is 2.57. The Bertz CT molecular complexity index is 532. The third kappa shape index (κ3) is 3.66. The molecule has 0 unspecified atom stereocenters. The second-order valence-electron chi connectivity index (χ2n) is 4.20. The van der Waals surface area contributed by atoms with Crippen LogP contribution in [0.15, 0.2) is 23.6 Å². The highest BCUT2D eigenvalue weighted by atomic mass is 32.1. The normalized spacial score (nSPS) is 10.6. The van der Waals surface area contributed by atoms with Gasteiger partial charge in [0.2, 0.25) is 0 Å². The summed E-state index contributed by atoms with van der Waals surface area (Å²) in [5, 5.41) is 2.08. The van der Waals surface area contributed by atoms with E-state index in [1.807, 2.05) is 6.07 Å². The summed E-state index contributed by atoms with van der Waals surface area (Å²) in [6.07, 6.45) is 0. The van der Waals surface area contributed by atoms with Crippen molar-refractivity contribution in [2.45, 2.75) is 20.1 Å². The molecule has 0 aliphatic rings. The van der Waals surface area contributed by atoms with Crippen LogP contribution >= 0.6 is 11.3 Å². The standard InChI is InChI=1S/C13H19N5OS/c1-3-18(8-10-5-4-6-20-10)13-7-11(17-14)15-12(16-13)9-19-2/h4-7H,3,8-9,14H2,1-2H3,(H,15,16,17). The first kappa shape index (κ1) is 14.7. The molecule has 0 fully saturated rings. The summed E-state index contributed by atoms with van der Waals surface area (Å²) in [6, 6.07) is 6.01. The van der Waals surface area contributed by atoms with Crippen LogP contribution in [0.4, 0.5) is 11.6 Å². The molecule has 0 spiro atoms. The topological polar surface area (TPSA) is 76.3 Å². The van der Waals surface area contributed by atoms with Gasteiger partial charge in [-0.1, -0.05) is 6.07 Å². The Morgan fingerprint density at radius 3 is 2.90 bits per heavy atom. The smallest absolute Gasteiger partial charge is 0.158 e. The molecule has 0 saturated heterocycles. The molecule has 0 aliphatic heterocycles. The van der Waals surface area contributed by atoms with E-state index in [0.29, 0.717) is 18.2 Å². The molecule has 2 aromatic rings. The van der Waals surface area contributed by atoms with Crippen LogP contribution in [0.1, 0.15) is 17.6 Å². The molecular weight excluding hydrogens is 274 g/mol. The van der Waals surface area contributed by atoms with Crippen molar-refractivity contribution in [2.75, 3.05) is 24.0 Å². The first-order chi connectivity index (χ1) is 9.76. The number of methoxy groups -OCH3 is 1. The Labute approximate surface area is 122 Å². The number of hydrogen-bond acceptors (Lipinski definition) is 7. The molecule has 20 heavy (non-hydrogen) atoms. The van der Waals surface area contributed by atoms with Crippen molar-refractivity contribution in [1.29, 1.82) is 0 Å². The summed E-state index contributed by atoms with van der Waals surface area (Å²) >= 11 is 1.74. The fourth-order valence-corrected chi connectivity index (χ4v) is 2.58. The fraction of sp³-hybridized carbons (Fsp3) is 0.385. The van der Waals surface area contributed by atoms with E-state index in [0.717, 1.165) is 18.9 Å². The Morgan fingerprint density at radius 2 is 2.30 bits per heavy atom. The van der Waals surface area contributed by atoms with Crippen molar-refractivity contribution >= 4 is 23.0 Å². The van der Waals surface area contributed by atoms with E-state index >= 15 is 0 Å². The van der Waals surface area contributed by atoms with Crippen LogP contribution < -0.4 is 16.2 Å². The molecule has 6 nitrogen and oxygen atoms in total. The number of aromatic nitrogens is 2. The number of hydrazine groups is 1. The summed E-state index contributed by atoms with van der Waals surface area (Å²) in [5.74, 6) is 7.51. The van der Waals surface area contributed by atoms with Crippen molar-refractivity contribution < 1.29 is 4.74 Å². The van der Waals surface area contributed by atoms with E-state index < -0.39 is 0 Å². The van der Waals surface area contributed by atoms with Crippen molar-refractivity contribution in [1.82, 2.24) is 9.97 Å². The number of ether oxygens (including phenoxy) is 1. The second-order valence-corrected chi connectivity index (χ2v) is 5.23. The van der Waals surface area contributed by atoms with E-state index in [9.17, 15) is 0 Å². The third-order valence-corrected chi connectivity index (χ3v) is 3.67. The van der Waals surface area contributed by atoms with Gasteiger partial charge < -0.3 is 15.1 Å². The first-order valence-electron chi connectivity index (χ1n) is 6.37. The largest absolute Gasteiger partial charge is 0.377 e. The quantitative estimate of drug-likeness (QED) is 0.600. The highest BCUT2D eigenvalue weighted by molar-refractivity contribution is 7.09. The van der Waals surface area contributed by atoms with E-state index in [2.05, 4.69) is 44.7 Å². The Kier molecular flexibility index (Phi) is 5.28. The SMILES string of the molecule is CCN(Cc1cccs1)c1cc(NN)nc(COC)n1. The molecule has 0 saturated carbocycles. The lowest BCUT2D eigenvalue weighted by Gasteiger charge is -2.22. The molecule has 2 aromatic heterocycles. The summed E-state index contributed by atoms with van der Waals surface area (Å²) in [7, 11) is 1.62. The van der Waals surface area contributed by atoms with Crippen molar-refractivity contribution in [3.05, 3.63) is 34.3 Å². The minimum absolute atomic E-state index is 0.360. The van der Waals surface area contributed by atoms with Crippen LogP contribution in [-0.2, 0) is 17.9 Å². The van der Waals surface area contributed by atoms with Crippen LogP contribution in [0.25, 0.3) is 0 Å². The van der Waals surface area contributed by atoms with Crippen molar-refractivity contribution in [2.24, 2.45) is 5.84 Å². The van der Waals surface area contributed by atoms with Gasteiger partial charge in [0.1, 0.15) is 18.2 Å². The minimum atomic E-state index is 0.360. The Hall–Kier alpha value is -1.70. The maximum Gasteiger partial charge on any atom is 0.158 e. The molecule has 0 bridgehead atoms. The lowest BCUT2D eigenvalue weighted by molar-refractivity contribution is 0.178. The van der Waals surface area contributed by atoms with Gasteiger partial charge in [0.05, 0.1) is 6.54 Å². The molecule has 2 rings (SSSR count). The number of thiophene rings is 1. The monoisotopic (exact) mass is 293 g/mol. The average Bonchev–Trinajstić information content (AvgIpc) is 2.97. The molecule has 0 amide bonds. The molecule has 0 aromatic carbocycles. The summed E-state index contributed by atoms with van der Waals surface area (Å²) in [6.45, 7) is 4.13. The van der Waals surface area contributed by atoms with Crippen LogP contribution in [0.3, 0.4) is 0 Å². The van der Waals surface area contributed by atoms with Gasteiger partial charge in [-0.05, 0) is 18.4 Å². The number of nitrogens with zero attached hydrogens (tertiary/aromatic N) is 3. The summed E-state index contributed by atoms with van der Waals surface area (Å²) < 4.78 is 5.09. The van der Waals surface area contributed by atoms with Gasteiger partial charge in [-0.2, -0.15) is 0 Å². The lowest BCUT2D eigenvalue weighted by atomic mass is 10.3. The molecule has 0 aliphatic carbocycles. The molecule has 108 valence electrons. The molecule has 7 heteroatoms. The number of nitrogens with one attached hydrogen (secondary N) is 1. The van der Waals surface area contributed by atoms with Gasteiger partial charge in [0.15, 0.2) is 5.82 Å². The molecule has 2 heterocycles. The maximum absolute atomic E-state index is 5.46. The van der Waals surface area contributed by atoms with Gasteiger partial charge in [0, 0.05) is 24.6 Å². The molecular formula is C13H19N5OS. The molecule has 3 N–H and O–H groups in total. The number of rotatable bonds is 7. The van der Waals surface area contributed by atoms with Crippen LogP contribution in [0.2, 0.25) is 0 Å². The van der Waals surface area contributed by atoms with Crippen molar-refractivity contribution in [3.8, 4) is 0 Å². The zero-order valence-electron chi connectivity index (χ0n) is 11.7. The number of hydrogen-bond donors (Lipinski definition) is 2. The van der Waals surface area contributed by atoms with Gasteiger partial charge in [0.25, 0.3) is 0 Å². The van der Waals surface area contributed by atoms with Gasteiger partial charge >= 0.3 is 0 Å². The number of nitrogens with two attached hydrogens (primary N) is 1. The lowest BCUT2D eigenvalue weighted by Crippen LogP contribution is -2.24. The predicted octanol–water partition coefficient (Wildman–Crippen LogP) is 2.00. The van der Waals surface area contributed by atoms with Gasteiger partial charge in [-0.25, -0.2) is 15.8 Å². The Morgan fingerprint density at radius 1 is 1.45 bits per heavy atom. The highest BCUT2D eigenvalue weighted by Gasteiger charge is 2.11. The van der Waals surface area contributed by atoms with Crippen LogP contribution in [-0.4, -0.2) is 23.6 Å². The minimum Gasteiger partial charge on any atom is -0.377 e. The highest BCUT2D eigenvalue weighted by Crippen LogP contribution is 2.20. The number of nitrogen functional groups attached to an aromatic ring is 1. The Balaban J connectivity index is 2.25. The fourth-order valence-electron chi connectivity index (χ4n) is 1.86. The zero-order chi connectivity index (χ0) is 14.4. The van der Waals surface area contributed by atoms with Gasteiger partial charge in [-0.15, -0.1) is 11.3 Å². The second kappa shape index (κ2) is 7.18. The third-order valence-electron chi connectivity index (χ3n) is 2.81. The maximum atomic E-state index is 5.46. The molecule has 0 atom stereocenters. The van der Waals surface area contributed by atoms with Crippen LogP contribution in [0.5, 0.6) is 0 Å².